The van der Waals surface area contributed by atoms with Crippen LogP contribution in [0, 0.1) is 0 Å². The number of ether oxygens (including phenoxy) is 1. The highest BCUT2D eigenvalue weighted by molar-refractivity contribution is 7.58. The minimum absolute atomic E-state index is 0.418. The lowest BCUT2D eigenvalue weighted by atomic mass is 10.2. The van der Waals surface area contributed by atoms with Crippen LogP contribution < -0.4 is 4.74 Å². The van der Waals surface area contributed by atoms with Crippen molar-refractivity contribution in [2.75, 3.05) is 0 Å². The molecule has 2 aromatic carbocycles. The van der Waals surface area contributed by atoms with Crippen LogP contribution in [0.15, 0.2) is 59.5 Å². The molecule has 3 heteroatoms. The summed E-state index contributed by atoms with van der Waals surface area (Å²) >= 11 is 5.04. The molecule has 0 aliphatic carbocycles. The molecule has 0 amide bonds. The number of carbonyl (C=O) groups is 1. The van der Waals surface area contributed by atoms with Crippen molar-refractivity contribution in [3.05, 3.63) is 60.2 Å². The van der Waals surface area contributed by atoms with Crippen molar-refractivity contribution in [3.8, 4) is 5.75 Å². The van der Waals surface area contributed by atoms with Gasteiger partial charge in [0.25, 0.3) is 0 Å². The van der Waals surface area contributed by atoms with E-state index < -0.39 is 5.97 Å². The lowest BCUT2D eigenvalue weighted by molar-refractivity contribution is 0.0731. The summed E-state index contributed by atoms with van der Waals surface area (Å²) in [5.74, 6) is 0.0996. The first kappa shape index (κ1) is 10.6. The van der Waals surface area contributed by atoms with Gasteiger partial charge in [0.15, 0.2) is 0 Å². The molecule has 0 aliphatic rings. The van der Waals surface area contributed by atoms with E-state index in [1.165, 1.54) is 0 Å². The van der Waals surface area contributed by atoms with E-state index in [0.29, 0.717) is 16.2 Å². The van der Waals surface area contributed by atoms with Crippen molar-refractivity contribution < 1.29 is 9.53 Å². The van der Waals surface area contributed by atoms with E-state index in [2.05, 4.69) is 0 Å². The third kappa shape index (κ3) is 2.38. The normalized spacial score (nSPS) is 9.75. The van der Waals surface area contributed by atoms with Gasteiger partial charge in [-0.1, -0.05) is 36.4 Å². The SMILES string of the molecule is O=C(Oc1ccccc1)c1ccccc1[S-]. The molecular weight excluding hydrogens is 220 g/mol. The van der Waals surface area contributed by atoms with Crippen LogP contribution in [0.25, 0.3) is 0 Å². The summed E-state index contributed by atoms with van der Waals surface area (Å²) < 4.78 is 5.18. The Bertz CT molecular complexity index is 494. The second-order valence-electron chi connectivity index (χ2n) is 3.20. The number of rotatable bonds is 2. The highest BCUT2D eigenvalue weighted by atomic mass is 32.1. The van der Waals surface area contributed by atoms with Crippen molar-refractivity contribution in [1.82, 2.24) is 0 Å². The van der Waals surface area contributed by atoms with Gasteiger partial charge in [-0.2, -0.15) is 4.90 Å². The molecule has 0 aromatic heterocycles. The maximum absolute atomic E-state index is 11.7. The fraction of sp³-hybridized carbons (Fsp3) is 0. The highest BCUT2D eigenvalue weighted by Crippen LogP contribution is 2.14. The second kappa shape index (κ2) is 4.77. The Hall–Kier alpha value is -1.87. The molecule has 0 aliphatic heterocycles. The van der Waals surface area contributed by atoms with Crippen LogP contribution in [0.2, 0.25) is 0 Å². The van der Waals surface area contributed by atoms with E-state index in [-0.39, 0.29) is 0 Å². The van der Waals surface area contributed by atoms with Gasteiger partial charge >= 0.3 is 5.97 Å². The molecule has 2 rings (SSSR count). The predicted octanol–water partition coefficient (Wildman–Crippen LogP) is 2.81. The first-order valence-corrected chi connectivity index (χ1v) is 5.21. The van der Waals surface area contributed by atoms with Crippen LogP contribution in [-0.4, -0.2) is 5.97 Å². The zero-order valence-electron chi connectivity index (χ0n) is 8.42. The fourth-order valence-corrected chi connectivity index (χ4v) is 1.52. The molecular formula is C13H9O2S-. The Morgan fingerprint density at radius 3 is 2.25 bits per heavy atom. The number of hydrogen-bond acceptors (Lipinski definition) is 3. The molecule has 80 valence electrons. The zero-order valence-corrected chi connectivity index (χ0v) is 9.24. The maximum Gasteiger partial charge on any atom is 0.341 e. The van der Waals surface area contributed by atoms with Crippen molar-refractivity contribution in [3.63, 3.8) is 0 Å². The van der Waals surface area contributed by atoms with Crippen LogP contribution in [0.1, 0.15) is 10.4 Å². The third-order valence-corrected chi connectivity index (χ3v) is 2.42. The largest absolute Gasteiger partial charge is 0.779 e. The Morgan fingerprint density at radius 1 is 0.938 bits per heavy atom. The van der Waals surface area contributed by atoms with Crippen molar-refractivity contribution >= 4 is 18.6 Å². The summed E-state index contributed by atoms with van der Waals surface area (Å²) in [6.45, 7) is 0. The van der Waals surface area contributed by atoms with Gasteiger partial charge in [0.2, 0.25) is 0 Å². The van der Waals surface area contributed by atoms with Gasteiger partial charge in [0.05, 0.1) is 0 Å². The van der Waals surface area contributed by atoms with Crippen molar-refractivity contribution in [1.29, 1.82) is 0 Å². The predicted molar refractivity (Wildman–Crippen MR) is 63.5 cm³/mol. The standard InChI is InChI=1S/C13H10O2S/c14-13(11-8-4-5-9-12(11)16)15-10-6-2-1-3-7-10/h1-9,16H/p-1. The van der Waals surface area contributed by atoms with Crippen LogP contribution in [0.4, 0.5) is 0 Å². The van der Waals surface area contributed by atoms with Gasteiger partial charge < -0.3 is 17.4 Å². The molecule has 0 saturated heterocycles. The van der Waals surface area contributed by atoms with Gasteiger partial charge in [-0.05, 0) is 18.2 Å². The smallest absolute Gasteiger partial charge is 0.341 e. The molecule has 0 saturated carbocycles. The molecule has 0 atom stereocenters. The Labute approximate surface area is 99.3 Å². The second-order valence-corrected chi connectivity index (χ2v) is 3.64. The van der Waals surface area contributed by atoms with Crippen LogP contribution in [-0.2, 0) is 12.6 Å². The van der Waals surface area contributed by atoms with E-state index in [9.17, 15) is 4.79 Å². The van der Waals surface area contributed by atoms with Crippen LogP contribution in [0.5, 0.6) is 5.75 Å². The van der Waals surface area contributed by atoms with E-state index in [0.717, 1.165) is 0 Å². The van der Waals surface area contributed by atoms with Gasteiger partial charge in [-0.25, -0.2) is 4.79 Å². The average molecular weight is 229 g/mol. The topological polar surface area (TPSA) is 26.3 Å². The summed E-state index contributed by atoms with van der Waals surface area (Å²) in [6, 6.07) is 15.8. The monoisotopic (exact) mass is 229 g/mol. The first-order valence-electron chi connectivity index (χ1n) is 4.80. The number of benzene rings is 2. The minimum atomic E-state index is -0.420. The van der Waals surface area contributed by atoms with Crippen LogP contribution >= 0.6 is 0 Å². The number of esters is 1. The van der Waals surface area contributed by atoms with Gasteiger partial charge in [0.1, 0.15) is 5.75 Å². The first-order chi connectivity index (χ1) is 7.77. The molecule has 16 heavy (non-hydrogen) atoms. The molecule has 0 radical (unpaired) electrons. The summed E-state index contributed by atoms with van der Waals surface area (Å²) in [5.41, 5.74) is 0.418. The summed E-state index contributed by atoms with van der Waals surface area (Å²) in [4.78, 5) is 12.2. The fourth-order valence-electron chi connectivity index (χ4n) is 1.29. The van der Waals surface area contributed by atoms with Gasteiger partial charge in [-0.3, -0.25) is 0 Å². The third-order valence-electron chi connectivity index (χ3n) is 2.06. The molecule has 0 unspecified atom stereocenters. The molecule has 0 heterocycles. The lowest BCUT2D eigenvalue weighted by Gasteiger charge is -2.11. The molecule has 0 fully saturated rings. The lowest BCUT2D eigenvalue weighted by Crippen LogP contribution is -2.09. The van der Waals surface area contributed by atoms with Gasteiger partial charge in [-0.15, -0.1) is 0 Å². The highest BCUT2D eigenvalue weighted by Gasteiger charge is 2.07. The minimum Gasteiger partial charge on any atom is -0.779 e. The van der Waals surface area contributed by atoms with Crippen molar-refractivity contribution in [2.24, 2.45) is 0 Å². The molecule has 2 nitrogen and oxygen atoms in total. The zero-order chi connectivity index (χ0) is 11.4. The van der Waals surface area contributed by atoms with Gasteiger partial charge in [0, 0.05) is 5.56 Å². The van der Waals surface area contributed by atoms with E-state index in [1.54, 1.807) is 36.4 Å². The van der Waals surface area contributed by atoms with Crippen molar-refractivity contribution in [2.45, 2.75) is 4.90 Å². The Kier molecular flexibility index (Phi) is 3.17. The van der Waals surface area contributed by atoms with E-state index in [1.807, 2.05) is 18.2 Å². The quantitative estimate of drug-likeness (QED) is 0.450. The number of para-hydroxylation sites is 1. The van der Waals surface area contributed by atoms with E-state index in [4.69, 9.17) is 17.4 Å². The summed E-state index contributed by atoms with van der Waals surface area (Å²) in [7, 11) is 0. The molecule has 0 N–H and O–H groups in total. The number of carbonyl (C=O) groups excluding carboxylic acids is 1. The summed E-state index contributed by atoms with van der Waals surface area (Å²) in [6.07, 6.45) is 0. The Morgan fingerprint density at radius 2 is 1.56 bits per heavy atom. The molecule has 0 bridgehead atoms. The molecule has 2 aromatic rings. The number of hydrogen-bond donors (Lipinski definition) is 0. The Balaban J connectivity index is 2.19. The van der Waals surface area contributed by atoms with Crippen LogP contribution in [0.3, 0.4) is 0 Å². The summed E-state index contributed by atoms with van der Waals surface area (Å²) in [5, 5.41) is 0. The maximum atomic E-state index is 11.7. The van der Waals surface area contributed by atoms with E-state index >= 15 is 0 Å². The molecule has 0 spiro atoms. The average Bonchev–Trinajstić information content (AvgIpc) is 2.31.